The number of hydrogen-bond acceptors (Lipinski definition) is 15. The van der Waals surface area contributed by atoms with Gasteiger partial charge < -0.3 is 35.3 Å². The van der Waals surface area contributed by atoms with Crippen LogP contribution in [0.4, 0.5) is 20.5 Å². The van der Waals surface area contributed by atoms with E-state index in [2.05, 4.69) is 29.9 Å². The molecule has 3 saturated heterocycles. The molecular formula is C20H21F2N10O9P. The highest BCUT2D eigenvalue weighted by Gasteiger charge is 2.54. The Morgan fingerprint density at radius 3 is 2.55 bits per heavy atom. The van der Waals surface area contributed by atoms with Crippen molar-refractivity contribution < 1.29 is 46.2 Å². The van der Waals surface area contributed by atoms with Crippen molar-refractivity contribution in [1.29, 1.82) is 0 Å². The van der Waals surface area contributed by atoms with E-state index >= 15 is 8.78 Å². The number of nitrogens with one attached hydrogen (secondary N) is 1. The van der Waals surface area contributed by atoms with E-state index in [0.717, 1.165) is 10.9 Å². The average Bonchev–Trinajstić information content (AvgIpc) is 3.69. The van der Waals surface area contributed by atoms with Gasteiger partial charge in [-0.3, -0.25) is 28.0 Å². The predicted molar refractivity (Wildman–Crippen MR) is 131 cm³/mol. The van der Waals surface area contributed by atoms with Gasteiger partial charge in [0, 0.05) is 0 Å². The number of aromatic nitrogens is 8. The molecule has 9 atom stereocenters. The maximum absolute atomic E-state index is 15.8. The lowest BCUT2D eigenvalue weighted by Gasteiger charge is -2.25. The number of alkyl halides is 2. The minimum atomic E-state index is -5.07. The molecule has 42 heavy (non-hydrogen) atoms. The number of fused-ring (bicyclic) bond motifs is 5. The Kier molecular flexibility index (Phi) is 6.44. The zero-order valence-corrected chi connectivity index (χ0v) is 21.9. The molecule has 22 heteroatoms. The van der Waals surface area contributed by atoms with Gasteiger partial charge in [0.25, 0.3) is 5.56 Å². The molecule has 0 spiro atoms. The van der Waals surface area contributed by atoms with Crippen LogP contribution in [0, 0.1) is 0 Å². The number of aromatic amines is 1. The molecule has 2 bridgehead atoms. The molecule has 0 radical (unpaired) electrons. The van der Waals surface area contributed by atoms with Gasteiger partial charge >= 0.3 is 7.82 Å². The number of rotatable bonds is 2. The summed E-state index contributed by atoms with van der Waals surface area (Å²) >= 11 is 0. The average molecular weight is 614 g/mol. The Bertz CT molecular complexity index is 1770. The van der Waals surface area contributed by atoms with Gasteiger partial charge in [-0.15, -0.1) is 0 Å². The summed E-state index contributed by atoms with van der Waals surface area (Å²) in [5.74, 6) is -0.205. The number of phosphoric acid groups is 1. The number of H-pyrrole nitrogens is 1. The number of nitrogen functional groups attached to an aromatic ring is 2. The first-order valence-electron chi connectivity index (χ1n) is 12.2. The molecule has 4 aromatic rings. The molecule has 224 valence electrons. The highest BCUT2D eigenvalue weighted by molar-refractivity contribution is 7.47. The van der Waals surface area contributed by atoms with Crippen molar-refractivity contribution in [3.63, 3.8) is 0 Å². The van der Waals surface area contributed by atoms with Gasteiger partial charge in [0.2, 0.25) is 5.95 Å². The lowest BCUT2D eigenvalue weighted by molar-refractivity contribution is -0.226. The molecule has 6 N–H and O–H groups in total. The topological polar surface area (TPSA) is 252 Å². The summed E-state index contributed by atoms with van der Waals surface area (Å²) < 4.78 is 79.3. The fourth-order valence-electron chi connectivity index (χ4n) is 5.04. The van der Waals surface area contributed by atoms with Gasteiger partial charge in [-0.1, -0.05) is 0 Å². The molecule has 0 aliphatic carbocycles. The molecule has 0 aromatic carbocycles. The van der Waals surface area contributed by atoms with Gasteiger partial charge in [0.1, 0.15) is 24.1 Å². The summed E-state index contributed by atoms with van der Waals surface area (Å²) in [7, 11) is -5.07. The number of halogens is 2. The van der Waals surface area contributed by atoms with Crippen LogP contribution in [-0.4, -0.2) is 94.3 Å². The summed E-state index contributed by atoms with van der Waals surface area (Å²) in [6, 6.07) is 0. The summed E-state index contributed by atoms with van der Waals surface area (Å²) in [5.41, 5.74) is 10.8. The standard InChI is InChI=1S/C20H21F2N10O9P/c21-7-11-6(39-17(7)31-3-27-9-13(23)25-2-26-14(9)31)1-38-42(34,35)41-12-8(22)19(37-5-36-11)40-18(12)32-4-28-10-15(32)29-20(24)30-16(10)33/h2-4,6-8,11-12,17-19H,1,5H2,(H,34,35)(H2,23,25,26)(H3,24,29,30,33). The van der Waals surface area contributed by atoms with Crippen LogP contribution in [0.5, 0.6) is 0 Å². The Hall–Kier alpha value is -3.69. The van der Waals surface area contributed by atoms with Crippen LogP contribution >= 0.6 is 7.82 Å². The van der Waals surface area contributed by atoms with E-state index < -0.39 is 76.2 Å². The molecule has 0 saturated carbocycles. The van der Waals surface area contributed by atoms with Gasteiger partial charge in [-0.25, -0.2) is 33.3 Å². The van der Waals surface area contributed by atoms with Crippen molar-refractivity contribution in [3.8, 4) is 0 Å². The smallest absolute Gasteiger partial charge is 0.382 e. The normalized spacial score (nSPS) is 35.7. The fraction of sp³-hybridized carbons (Fsp3) is 0.500. The molecule has 3 aliphatic rings. The summed E-state index contributed by atoms with van der Waals surface area (Å²) in [6.45, 7) is -1.40. The first kappa shape index (κ1) is 27.2. The molecule has 3 aliphatic heterocycles. The fourth-order valence-corrected chi connectivity index (χ4v) is 5.97. The molecule has 4 aromatic heterocycles. The second-order valence-corrected chi connectivity index (χ2v) is 10.9. The minimum Gasteiger partial charge on any atom is -0.382 e. The van der Waals surface area contributed by atoms with Crippen LogP contribution in [0.25, 0.3) is 22.3 Å². The maximum Gasteiger partial charge on any atom is 0.472 e. The summed E-state index contributed by atoms with van der Waals surface area (Å²) in [5, 5.41) is 0. The Morgan fingerprint density at radius 1 is 0.976 bits per heavy atom. The SMILES string of the molecule is Nc1nc2c(ncn2C2OC3OCOC4C(COP(=O)(O)OC2C3F)OC(n2cnc3c(N)ncnc32)C4F)c(=O)[nH]1. The van der Waals surface area contributed by atoms with Crippen molar-refractivity contribution in [2.24, 2.45) is 0 Å². The third-order valence-electron chi connectivity index (χ3n) is 6.93. The molecule has 9 unspecified atom stereocenters. The number of nitrogens with two attached hydrogens (primary N) is 2. The van der Waals surface area contributed by atoms with Crippen LogP contribution in [-0.2, 0) is 32.6 Å². The zero-order chi connectivity index (χ0) is 29.3. The van der Waals surface area contributed by atoms with Crippen LogP contribution in [0.2, 0.25) is 0 Å². The van der Waals surface area contributed by atoms with Crippen molar-refractivity contribution in [1.82, 2.24) is 39.0 Å². The molecule has 19 nitrogen and oxygen atoms in total. The van der Waals surface area contributed by atoms with Crippen LogP contribution in [0.3, 0.4) is 0 Å². The van der Waals surface area contributed by atoms with E-state index in [1.807, 2.05) is 0 Å². The van der Waals surface area contributed by atoms with Crippen molar-refractivity contribution in [3.05, 3.63) is 29.3 Å². The van der Waals surface area contributed by atoms with Crippen molar-refractivity contribution >= 4 is 41.9 Å². The van der Waals surface area contributed by atoms with Gasteiger partial charge in [-0.2, -0.15) is 4.98 Å². The number of phosphoric ester groups is 1. The van der Waals surface area contributed by atoms with Gasteiger partial charge in [-0.05, 0) is 0 Å². The third-order valence-corrected chi connectivity index (χ3v) is 7.92. The minimum absolute atomic E-state index is 0.0638. The third kappa shape index (κ3) is 4.41. The van der Waals surface area contributed by atoms with Crippen LogP contribution in [0.15, 0.2) is 23.8 Å². The first-order valence-corrected chi connectivity index (χ1v) is 13.7. The first-order chi connectivity index (χ1) is 20.1. The highest BCUT2D eigenvalue weighted by atomic mass is 31.2. The van der Waals surface area contributed by atoms with Crippen molar-refractivity contribution in [2.75, 3.05) is 24.9 Å². The number of anilines is 2. The Balaban J connectivity index is 1.17. The predicted octanol–water partition coefficient (Wildman–Crippen LogP) is -0.572. The molecular weight excluding hydrogens is 593 g/mol. The number of imidazole rings is 2. The van der Waals surface area contributed by atoms with Gasteiger partial charge in [0.15, 0.2) is 66.6 Å². The van der Waals surface area contributed by atoms with E-state index in [0.29, 0.717) is 0 Å². The largest absolute Gasteiger partial charge is 0.472 e. The summed E-state index contributed by atoms with van der Waals surface area (Å²) in [6.07, 6.45) is -9.73. The lowest BCUT2D eigenvalue weighted by Crippen LogP contribution is -2.38. The van der Waals surface area contributed by atoms with E-state index in [4.69, 9.17) is 39.5 Å². The van der Waals surface area contributed by atoms with Crippen LogP contribution in [0.1, 0.15) is 12.5 Å². The zero-order valence-electron chi connectivity index (χ0n) is 21.0. The van der Waals surface area contributed by atoms with E-state index in [-0.39, 0.29) is 34.1 Å². The number of hydrogen-bond donors (Lipinski definition) is 4. The second-order valence-electron chi connectivity index (χ2n) is 9.46. The molecule has 0 amide bonds. The van der Waals surface area contributed by atoms with E-state index in [1.165, 1.54) is 17.2 Å². The maximum atomic E-state index is 15.8. The highest BCUT2D eigenvalue weighted by Crippen LogP contribution is 2.51. The molecule has 7 rings (SSSR count). The van der Waals surface area contributed by atoms with Gasteiger partial charge in [0.05, 0.1) is 19.3 Å². The lowest BCUT2D eigenvalue weighted by atomic mass is 10.1. The molecule has 3 fully saturated rings. The van der Waals surface area contributed by atoms with E-state index in [9.17, 15) is 14.3 Å². The monoisotopic (exact) mass is 614 g/mol. The quantitative estimate of drug-likeness (QED) is 0.206. The summed E-state index contributed by atoms with van der Waals surface area (Å²) in [4.78, 5) is 44.9. The molecule has 7 heterocycles. The number of ether oxygens (including phenoxy) is 4. The number of nitrogens with zero attached hydrogens (tertiary/aromatic N) is 7. The second kappa shape index (κ2) is 9.95. The Labute approximate surface area is 231 Å². The van der Waals surface area contributed by atoms with E-state index in [1.54, 1.807) is 0 Å². The van der Waals surface area contributed by atoms with Crippen molar-refractivity contribution in [2.45, 2.75) is 49.4 Å². The van der Waals surface area contributed by atoms with Crippen LogP contribution < -0.4 is 17.0 Å². The Morgan fingerprint density at radius 2 is 1.74 bits per heavy atom.